The summed E-state index contributed by atoms with van der Waals surface area (Å²) in [7, 11) is 3.09. The van der Waals surface area contributed by atoms with E-state index in [4.69, 9.17) is 4.74 Å². The van der Waals surface area contributed by atoms with E-state index in [1.54, 1.807) is 18.9 Å². The Kier molecular flexibility index (Phi) is 5.53. The van der Waals surface area contributed by atoms with Crippen molar-refractivity contribution < 1.29 is 14.3 Å². The first-order valence-corrected chi connectivity index (χ1v) is 9.42. The molecule has 0 saturated carbocycles. The summed E-state index contributed by atoms with van der Waals surface area (Å²) >= 11 is 0. The molecule has 7 heteroatoms. The molecule has 0 bridgehead atoms. The Balaban J connectivity index is 1.92. The predicted molar refractivity (Wildman–Crippen MR) is 107 cm³/mol. The molecule has 0 aliphatic carbocycles. The predicted octanol–water partition coefficient (Wildman–Crippen LogP) is 3.31. The number of nitrogens with one attached hydrogen (secondary N) is 1. The molecule has 0 unspecified atom stereocenters. The average molecular weight is 382 g/mol. The number of aromatic amines is 1. The van der Waals surface area contributed by atoms with Gasteiger partial charge in [0, 0.05) is 19.3 Å². The Labute approximate surface area is 164 Å². The van der Waals surface area contributed by atoms with Crippen LogP contribution >= 0.6 is 0 Å². The SMILES string of the molecule is CCc1[nH]c(C(=O)N(C)Cc2nc3ccccc3n2CC)c(C)c1C(=O)OC. The number of benzene rings is 1. The largest absolute Gasteiger partial charge is 0.465 e. The maximum absolute atomic E-state index is 13.1. The minimum absolute atomic E-state index is 0.183. The van der Waals surface area contributed by atoms with Crippen LogP contribution in [0.2, 0.25) is 0 Å². The summed E-state index contributed by atoms with van der Waals surface area (Å²) in [5.41, 5.74) is 4.16. The van der Waals surface area contributed by atoms with Crippen LogP contribution in [0.3, 0.4) is 0 Å². The Morgan fingerprint density at radius 2 is 1.96 bits per heavy atom. The summed E-state index contributed by atoms with van der Waals surface area (Å²) in [4.78, 5) is 34.6. The van der Waals surface area contributed by atoms with Crippen LogP contribution in [0.25, 0.3) is 11.0 Å². The number of carbonyl (C=O) groups excluding carboxylic acids is 2. The molecular weight excluding hydrogens is 356 g/mol. The Morgan fingerprint density at radius 1 is 1.25 bits per heavy atom. The van der Waals surface area contributed by atoms with Gasteiger partial charge in [0.15, 0.2) is 0 Å². The Hall–Kier alpha value is -3.09. The maximum atomic E-state index is 13.1. The number of aryl methyl sites for hydroxylation is 2. The summed E-state index contributed by atoms with van der Waals surface area (Å²) in [5, 5.41) is 0. The van der Waals surface area contributed by atoms with Crippen molar-refractivity contribution in [2.24, 2.45) is 0 Å². The molecule has 1 aromatic carbocycles. The van der Waals surface area contributed by atoms with E-state index < -0.39 is 5.97 Å². The molecule has 2 heterocycles. The van der Waals surface area contributed by atoms with E-state index in [0.29, 0.717) is 35.5 Å². The molecule has 3 aromatic rings. The van der Waals surface area contributed by atoms with E-state index in [0.717, 1.165) is 23.4 Å². The lowest BCUT2D eigenvalue weighted by molar-refractivity contribution is 0.0599. The van der Waals surface area contributed by atoms with Crippen molar-refractivity contribution >= 4 is 22.9 Å². The number of hydrogen-bond donors (Lipinski definition) is 1. The molecule has 1 N–H and O–H groups in total. The zero-order valence-corrected chi connectivity index (χ0v) is 17.0. The molecule has 2 aromatic heterocycles. The van der Waals surface area contributed by atoms with Gasteiger partial charge >= 0.3 is 5.97 Å². The van der Waals surface area contributed by atoms with Crippen molar-refractivity contribution in [3.8, 4) is 0 Å². The number of fused-ring (bicyclic) bond motifs is 1. The molecule has 3 rings (SSSR count). The number of carbonyl (C=O) groups is 2. The number of nitrogens with zero attached hydrogens (tertiary/aromatic N) is 3. The smallest absolute Gasteiger partial charge is 0.339 e. The number of ether oxygens (including phenoxy) is 1. The summed E-state index contributed by atoms with van der Waals surface area (Å²) in [6, 6.07) is 7.94. The van der Waals surface area contributed by atoms with Crippen molar-refractivity contribution in [2.45, 2.75) is 40.3 Å². The van der Waals surface area contributed by atoms with Gasteiger partial charge in [0.1, 0.15) is 11.5 Å². The first-order valence-electron chi connectivity index (χ1n) is 9.42. The molecule has 0 radical (unpaired) electrons. The topological polar surface area (TPSA) is 80.2 Å². The highest BCUT2D eigenvalue weighted by Gasteiger charge is 2.26. The molecule has 28 heavy (non-hydrogen) atoms. The van der Waals surface area contributed by atoms with E-state index in [9.17, 15) is 9.59 Å². The number of esters is 1. The van der Waals surface area contributed by atoms with Gasteiger partial charge < -0.3 is 19.2 Å². The first-order chi connectivity index (χ1) is 13.4. The fraction of sp³-hybridized carbons (Fsp3) is 0.381. The first kappa shape index (κ1) is 19.7. The number of amides is 1. The number of aromatic nitrogens is 3. The van der Waals surface area contributed by atoms with E-state index in [1.165, 1.54) is 7.11 Å². The van der Waals surface area contributed by atoms with Crippen molar-refractivity contribution in [1.82, 2.24) is 19.4 Å². The number of methoxy groups -OCH3 is 1. The molecule has 148 valence electrons. The molecule has 0 aliphatic heterocycles. The van der Waals surface area contributed by atoms with E-state index in [-0.39, 0.29) is 5.91 Å². The third-order valence-electron chi connectivity index (χ3n) is 5.06. The number of para-hydroxylation sites is 2. The quantitative estimate of drug-likeness (QED) is 0.663. The van der Waals surface area contributed by atoms with Gasteiger partial charge in [0.2, 0.25) is 0 Å². The van der Waals surface area contributed by atoms with Crippen LogP contribution in [-0.4, -0.2) is 45.5 Å². The van der Waals surface area contributed by atoms with Gasteiger partial charge in [-0.3, -0.25) is 4.79 Å². The minimum Gasteiger partial charge on any atom is -0.465 e. The van der Waals surface area contributed by atoms with Crippen LogP contribution < -0.4 is 0 Å². The fourth-order valence-corrected chi connectivity index (χ4v) is 3.59. The van der Waals surface area contributed by atoms with E-state index in [1.807, 2.05) is 31.2 Å². The second kappa shape index (κ2) is 7.88. The van der Waals surface area contributed by atoms with Gasteiger partial charge in [-0.1, -0.05) is 19.1 Å². The van der Waals surface area contributed by atoms with Crippen LogP contribution in [-0.2, 0) is 24.2 Å². The monoisotopic (exact) mass is 382 g/mol. The van der Waals surface area contributed by atoms with Crippen molar-refractivity contribution in [2.75, 3.05) is 14.2 Å². The van der Waals surface area contributed by atoms with Gasteiger partial charge in [-0.2, -0.15) is 0 Å². The summed E-state index contributed by atoms with van der Waals surface area (Å²) in [6.45, 7) is 6.90. The van der Waals surface area contributed by atoms with E-state index >= 15 is 0 Å². The molecule has 7 nitrogen and oxygen atoms in total. The fourth-order valence-electron chi connectivity index (χ4n) is 3.59. The highest BCUT2D eigenvalue weighted by Crippen LogP contribution is 2.22. The number of rotatable bonds is 6. The highest BCUT2D eigenvalue weighted by atomic mass is 16.5. The second-order valence-corrected chi connectivity index (χ2v) is 6.75. The van der Waals surface area contributed by atoms with E-state index in [2.05, 4.69) is 21.5 Å². The molecular formula is C21H26N4O3. The van der Waals surface area contributed by atoms with Gasteiger partial charge in [-0.25, -0.2) is 9.78 Å². The lowest BCUT2D eigenvalue weighted by Crippen LogP contribution is -2.28. The van der Waals surface area contributed by atoms with Gasteiger partial charge in [0.05, 0.1) is 30.3 Å². The van der Waals surface area contributed by atoms with Crippen molar-refractivity contribution in [1.29, 1.82) is 0 Å². The second-order valence-electron chi connectivity index (χ2n) is 6.75. The molecule has 0 spiro atoms. The highest BCUT2D eigenvalue weighted by molar-refractivity contribution is 6.00. The molecule has 0 fully saturated rings. The third-order valence-corrected chi connectivity index (χ3v) is 5.06. The maximum Gasteiger partial charge on any atom is 0.339 e. The Morgan fingerprint density at radius 3 is 2.61 bits per heavy atom. The van der Waals surface area contributed by atoms with Crippen LogP contribution in [0, 0.1) is 6.92 Å². The number of H-pyrrole nitrogens is 1. The number of imidazole rings is 1. The van der Waals surface area contributed by atoms with Crippen LogP contribution in [0.15, 0.2) is 24.3 Å². The van der Waals surface area contributed by atoms with Crippen molar-refractivity contribution in [3.05, 3.63) is 52.6 Å². The zero-order chi connectivity index (χ0) is 20.4. The minimum atomic E-state index is -0.430. The average Bonchev–Trinajstić information content (AvgIpc) is 3.23. The van der Waals surface area contributed by atoms with Gasteiger partial charge in [-0.15, -0.1) is 0 Å². The summed E-state index contributed by atoms with van der Waals surface area (Å²) in [5.74, 6) is 0.213. The van der Waals surface area contributed by atoms with Gasteiger partial charge in [0.25, 0.3) is 5.91 Å². The molecule has 0 saturated heterocycles. The third kappa shape index (κ3) is 3.28. The van der Waals surface area contributed by atoms with Crippen molar-refractivity contribution in [3.63, 3.8) is 0 Å². The molecule has 1 amide bonds. The number of hydrogen-bond acceptors (Lipinski definition) is 4. The normalized spacial score (nSPS) is 11.0. The summed E-state index contributed by atoms with van der Waals surface area (Å²) < 4.78 is 6.98. The molecule has 0 atom stereocenters. The lowest BCUT2D eigenvalue weighted by Gasteiger charge is -2.17. The Bertz CT molecular complexity index is 1030. The zero-order valence-electron chi connectivity index (χ0n) is 17.0. The summed E-state index contributed by atoms with van der Waals surface area (Å²) in [6.07, 6.45) is 0.605. The standard InChI is InChI=1S/C21H26N4O3/c1-6-14-18(21(27)28-5)13(3)19(23-14)20(26)24(4)12-17-22-15-10-8-9-11-16(15)25(17)7-2/h8-11,23H,6-7,12H2,1-5H3. The molecule has 0 aliphatic rings. The van der Waals surface area contributed by atoms with Crippen LogP contribution in [0.4, 0.5) is 0 Å². The lowest BCUT2D eigenvalue weighted by atomic mass is 10.1. The van der Waals surface area contributed by atoms with Gasteiger partial charge in [-0.05, 0) is 38.0 Å². The van der Waals surface area contributed by atoms with Crippen LogP contribution in [0.5, 0.6) is 0 Å². The van der Waals surface area contributed by atoms with Crippen LogP contribution in [0.1, 0.15) is 51.8 Å².